The van der Waals surface area contributed by atoms with Crippen molar-refractivity contribution in [3.63, 3.8) is 0 Å². The van der Waals surface area contributed by atoms with Crippen LogP contribution in [0, 0.1) is 11.8 Å². The van der Waals surface area contributed by atoms with Crippen LogP contribution in [0.1, 0.15) is 38.2 Å². The van der Waals surface area contributed by atoms with Gasteiger partial charge in [-0.15, -0.1) is 0 Å². The summed E-state index contributed by atoms with van der Waals surface area (Å²) in [4.78, 5) is 17.2. The van der Waals surface area contributed by atoms with Crippen LogP contribution < -0.4 is 0 Å². The topological polar surface area (TPSA) is 23.6 Å². The van der Waals surface area contributed by atoms with Gasteiger partial charge in [-0.2, -0.15) is 0 Å². The molecule has 1 aliphatic carbocycles. The van der Waals surface area contributed by atoms with Crippen LogP contribution in [-0.2, 0) is 11.3 Å². The fourth-order valence-electron chi connectivity index (χ4n) is 3.91. The molecule has 0 spiro atoms. The Labute approximate surface area is 134 Å². The summed E-state index contributed by atoms with van der Waals surface area (Å²) >= 11 is 0. The molecule has 0 bridgehead atoms. The third kappa shape index (κ3) is 3.70. The quantitative estimate of drug-likeness (QED) is 0.853. The van der Waals surface area contributed by atoms with Gasteiger partial charge in [0.05, 0.1) is 0 Å². The molecule has 1 saturated heterocycles. The van der Waals surface area contributed by atoms with Crippen LogP contribution in [0.25, 0.3) is 0 Å². The second kappa shape index (κ2) is 7.28. The Kier molecular flexibility index (Phi) is 5.14. The van der Waals surface area contributed by atoms with Gasteiger partial charge in [0, 0.05) is 38.6 Å². The van der Waals surface area contributed by atoms with E-state index in [1.807, 2.05) is 0 Å². The molecule has 2 fully saturated rings. The first kappa shape index (κ1) is 15.5. The van der Waals surface area contributed by atoms with Crippen molar-refractivity contribution < 1.29 is 4.79 Å². The highest BCUT2D eigenvalue weighted by Gasteiger charge is 2.31. The van der Waals surface area contributed by atoms with E-state index in [0.717, 1.165) is 32.7 Å². The monoisotopic (exact) mass is 300 g/mol. The lowest BCUT2D eigenvalue weighted by Gasteiger charge is -2.36. The second-order valence-corrected chi connectivity index (χ2v) is 6.92. The molecule has 1 heterocycles. The van der Waals surface area contributed by atoms with Crippen molar-refractivity contribution in [3.8, 4) is 0 Å². The number of nitrogens with zero attached hydrogens (tertiary/aromatic N) is 2. The first-order valence-corrected chi connectivity index (χ1v) is 8.79. The Balaban J connectivity index is 1.47. The molecule has 3 heteroatoms. The van der Waals surface area contributed by atoms with E-state index in [-0.39, 0.29) is 5.92 Å². The molecule has 1 unspecified atom stereocenters. The summed E-state index contributed by atoms with van der Waals surface area (Å²) in [6, 6.07) is 10.6. The van der Waals surface area contributed by atoms with E-state index in [1.54, 1.807) is 0 Å². The molecule has 0 N–H and O–H groups in total. The lowest BCUT2D eigenvalue weighted by molar-refractivity contribution is -0.138. The van der Waals surface area contributed by atoms with Gasteiger partial charge < -0.3 is 4.90 Å². The van der Waals surface area contributed by atoms with Gasteiger partial charge in [0.2, 0.25) is 5.91 Å². The highest BCUT2D eigenvalue weighted by atomic mass is 16.2. The minimum absolute atomic E-state index is 0.225. The van der Waals surface area contributed by atoms with Gasteiger partial charge in [0.25, 0.3) is 0 Å². The van der Waals surface area contributed by atoms with Crippen LogP contribution in [0.3, 0.4) is 0 Å². The van der Waals surface area contributed by atoms with E-state index < -0.39 is 0 Å². The summed E-state index contributed by atoms with van der Waals surface area (Å²) in [5, 5.41) is 0. The van der Waals surface area contributed by atoms with Crippen LogP contribution in [0.15, 0.2) is 30.3 Å². The molecule has 0 aromatic heterocycles. The van der Waals surface area contributed by atoms with Crippen molar-refractivity contribution in [2.75, 3.05) is 26.2 Å². The van der Waals surface area contributed by atoms with Gasteiger partial charge in [-0.25, -0.2) is 0 Å². The highest BCUT2D eigenvalue weighted by molar-refractivity contribution is 5.79. The van der Waals surface area contributed by atoms with Gasteiger partial charge in [-0.3, -0.25) is 9.69 Å². The molecule has 1 saturated carbocycles. The SMILES string of the molecule is CC(C(=O)N1CCN(Cc2ccccc2)CC1)C1CCCC1. The normalized spacial score (nSPS) is 22.0. The highest BCUT2D eigenvalue weighted by Crippen LogP contribution is 2.32. The summed E-state index contributed by atoms with van der Waals surface area (Å²) in [5.74, 6) is 1.25. The summed E-state index contributed by atoms with van der Waals surface area (Å²) in [6.07, 6.45) is 5.13. The minimum atomic E-state index is 0.225. The largest absolute Gasteiger partial charge is 0.340 e. The van der Waals surface area contributed by atoms with Gasteiger partial charge in [-0.05, 0) is 24.3 Å². The Hall–Kier alpha value is -1.35. The number of hydrogen-bond donors (Lipinski definition) is 0. The zero-order valence-electron chi connectivity index (χ0n) is 13.7. The molecule has 1 aliphatic heterocycles. The molecule has 0 radical (unpaired) electrons. The molecule has 3 rings (SSSR count). The summed E-state index contributed by atoms with van der Waals surface area (Å²) in [7, 11) is 0. The number of carbonyl (C=O) groups is 1. The van der Waals surface area contributed by atoms with Crippen molar-refractivity contribution in [2.45, 2.75) is 39.2 Å². The zero-order chi connectivity index (χ0) is 15.4. The average molecular weight is 300 g/mol. The predicted octanol–water partition coefficient (Wildman–Crippen LogP) is 3.16. The number of benzene rings is 1. The van der Waals surface area contributed by atoms with E-state index in [9.17, 15) is 4.79 Å². The number of hydrogen-bond acceptors (Lipinski definition) is 2. The number of carbonyl (C=O) groups excluding carboxylic acids is 1. The van der Waals surface area contributed by atoms with Crippen molar-refractivity contribution in [1.82, 2.24) is 9.80 Å². The standard InChI is InChI=1S/C19H28N2O/c1-16(18-9-5-6-10-18)19(22)21-13-11-20(12-14-21)15-17-7-3-2-4-8-17/h2-4,7-8,16,18H,5-6,9-15H2,1H3. The van der Waals surface area contributed by atoms with E-state index >= 15 is 0 Å². The molecule has 1 atom stereocenters. The maximum atomic E-state index is 12.7. The van der Waals surface area contributed by atoms with Crippen LogP contribution in [0.4, 0.5) is 0 Å². The van der Waals surface area contributed by atoms with Crippen LogP contribution in [0.2, 0.25) is 0 Å². The van der Waals surface area contributed by atoms with E-state index in [2.05, 4.69) is 47.1 Å². The molecular weight excluding hydrogens is 272 g/mol. The smallest absolute Gasteiger partial charge is 0.225 e. The predicted molar refractivity (Wildman–Crippen MR) is 89.4 cm³/mol. The summed E-state index contributed by atoms with van der Waals surface area (Å²) in [6.45, 7) is 6.93. The molecule has 120 valence electrons. The Bertz CT molecular complexity index is 473. The minimum Gasteiger partial charge on any atom is -0.340 e. The third-order valence-electron chi connectivity index (χ3n) is 5.43. The molecule has 1 aromatic rings. The van der Waals surface area contributed by atoms with Gasteiger partial charge in [0.1, 0.15) is 0 Å². The fourth-order valence-corrected chi connectivity index (χ4v) is 3.91. The lowest BCUT2D eigenvalue weighted by atomic mass is 9.91. The maximum absolute atomic E-state index is 12.7. The van der Waals surface area contributed by atoms with Gasteiger partial charge >= 0.3 is 0 Å². The van der Waals surface area contributed by atoms with Crippen LogP contribution in [0.5, 0.6) is 0 Å². The first-order valence-electron chi connectivity index (χ1n) is 8.79. The summed E-state index contributed by atoms with van der Waals surface area (Å²) in [5.41, 5.74) is 1.36. The Morgan fingerprint density at radius 1 is 1.09 bits per heavy atom. The summed E-state index contributed by atoms with van der Waals surface area (Å²) < 4.78 is 0. The molecule has 1 aromatic carbocycles. The van der Waals surface area contributed by atoms with Crippen molar-refractivity contribution >= 4 is 5.91 Å². The van der Waals surface area contributed by atoms with E-state index in [1.165, 1.54) is 31.2 Å². The molecular formula is C19H28N2O. The van der Waals surface area contributed by atoms with Gasteiger partial charge in [-0.1, -0.05) is 50.1 Å². The van der Waals surface area contributed by atoms with E-state index in [4.69, 9.17) is 0 Å². The van der Waals surface area contributed by atoms with E-state index in [0.29, 0.717) is 11.8 Å². The second-order valence-electron chi connectivity index (χ2n) is 6.92. The zero-order valence-corrected chi connectivity index (χ0v) is 13.7. The van der Waals surface area contributed by atoms with Crippen LogP contribution in [-0.4, -0.2) is 41.9 Å². The third-order valence-corrected chi connectivity index (χ3v) is 5.43. The number of rotatable bonds is 4. The fraction of sp³-hybridized carbons (Fsp3) is 0.632. The first-order chi connectivity index (χ1) is 10.7. The number of piperazine rings is 1. The molecule has 2 aliphatic rings. The molecule has 1 amide bonds. The average Bonchev–Trinajstić information content (AvgIpc) is 3.10. The maximum Gasteiger partial charge on any atom is 0.225 e. The van der Waals surface area contributed by atoms with Crippen molar-refractivity contribution in [2.24, 2.45) is 11.8 Å². The van der Waals surface area contributed by atoms with Crippen LogP contribution >= 0.6 is 0 Å². The lowest BCUT2D eigenvalue weighted by Crippen LogP contribution is -2.50. The Morgan fingerprint density at radius 2 is 1.73 bits per heavy atom. The molecule has 22 heavy (non-hydrogen) atoms. The number of amides is 1. The van der Waals surface area contributed by atoms with Gasteiger partial charge in [0.15, 0.2) is 0 Å². The Morgan fingerprint density at radius 3 is 2.36 bits per heavy atom. The van der Waals surface area contributed by atoms with Crippen molar-refractivity contribution in [3.05, 3.63) is 35.9 Å². The molecule has 3 nitrogen and oxygen atoms in total. The van der Waals surface area contributed by atoms with Crippen molar-refractivity contribution in [1.29, 1.82) is 0 Å².